The van der Waals surface area contributed by atoms with Crippen LogP contribution in [0.4, 0.5) is 11.6 Å². The van der Waals surface area contributed by atoms with E-state index in [2.05, 4.69) is 25.9 Å². The van der Waals surface area contributed by atoms with Gasteiger partial charge >= 0.3 is 0 Å². The van der Waals surface area contributed by atoms with Crippen molar-refractivity contribution in [1.29, 1.82) is 0 Å². The summed E-state index contributed by atoms with van der Waals surface area (Å²) in [6.07, 6.45) is 1.46. The van der Waals surface area contributed by atoms with Crippen LogP contribution < -0.4 is 16.0 Å². The summed E-state index contributed by atoms with van der Waals surface area (Å²) in [6.45, 7) is 5.95. The molecule has 6 heteroatoms. The van der Waals surface area contributed by atoms with Crippen molar-refractivity contribution >= 4 is 17.5 Å². The van der Waals surface area contributed by atoms with Gasteiger partial charge < -0.3 is 16.0 Å². The zero-order valence-electron chi connectivity index (χ0n) is 10.7. The lowest BCUT2D eigenvalue weighted by Gasteiger charge is -2.12. The summed E-state index contributed by atoms with van der Waals surface area (Å²) in [4.78, 5) is 19.6. The molecule has 0 fully saturated rings. The third-order valence-corrected chi connectivity index (χ3v) is 2.19. The van der Waals surface area contributed by atoms with Gasteiger partial charge in [-0.25, -0.2) is 9.97 Å². The van der Waals surface area contributed by atoms with Crippen molar-refractivity contribution in [3.05, 3.63) is 11.9 Å². The number of amides is 1. The second-order valence-corrected chi connectivity index (χ2v) is 4.02. The number of nitrogens with one attached hydrogen (secondary N) is 3. The Morgan fingerprint density at radius 1 is 1.35 bits per heavy atom. The van der Waals surface area contributed by atoms with E-state index in [0.29, 0.717) is 5.82 Å². The van der Waals surface area contributed by atoms with Crippen LogP contribution >= 0.6 is 0 Å². The average Bonchev–Trinajstić information content (AvgIpc) is 2.27. The molecule has 3 N–H and O–H groups in total. The van der Waals surface area contributed by atoms with Crippen molar-refractivity contribution in [3.8, 4) is 0 Å². The minimum absolute atomic E-state index is 0.0518. The topological polar surface area (TPSA) is 78.9 Å². The number of aromatic nitrogens is 2. The van der Waals surface area contributed by atoms with Crippen molar-refractivity contribution in [2.75, 3.05) is 24.2 Å². The number of nitrogens with zero attached hydrogens (tertiary/aromatic N) is 2. The van der Waals surface area contributed by atoms with E-state index in [1.165, 1.54) is 6.33 Å². The van der Waals surface area contributed by atoms with Gasteiger partial charge in [-0.2, -0.15) is 0 Å². The molecule has 1 rings (SSSR count). The van der Waals surface area contributed by atoms with Crippen LogP contribution in [0.2, 0.25) is 0 Å². The van der Waals surface area contributed by atoms with Crippen LogP contribution in [0, 0.1) is 6.92 Å². The molecule has 1 amide bonds. The summed E-state index contributed by atoms with van der Waals surface area (Å²) in [5.41, 5.74) is 0.896. The van der Waals surface area contributed by atoms with Crippen LogP contribution in [-0.4, -0.2) is 35.5 Å². The fourth-order valence-corrected chi connectivity index (χ4v) is 1.42. The second kappa shape index (κ2) is 6.03. The highest BCUT2D eigenvalue weighted by atomic mass is 16.1. The molecule has 1 aromatic heterocycles. The van der Waals surface area contributed by atoms with Crippen LogP contribution in [0.3, 0.4) is 0 Å². The Bertz CT molecular complexity index is 391. The third kappa shape index (κ3) is 3.90. The Hall–Kier alpha value is -1.85. The number of carbonyl (C=O) groups excluding carboxylic acids is 1. The first-order valence-electron chi connectivity index (χ1n) is 5.57. The quantitative estimate of drug-likeness (QED) is 0.704. The maximum Gasteiger partial charge on any atom is 0.239 e. The number of hydrogen-bond acceptors (Lipinski definition) is 5. The van der Waals surface area contributed by atoms with E-state index in [4.69, 9.17) is 0 Å². The Morgan fingerprint density at radius 3 is 2.59 bits per heavy atom. The van der Waals surface area contributed by atoms with Gasteiger partial charge in [0.05, 0.1) is 6.54 Å². The maximum absolute atomic E-state index is 11.5. The van der Waals surface area contributed by atoms with Gasteiger partial charge in [0, 0.05) is 18.7 Å². The van der Waals surface area contributed by atoms with Gasteiger partial charge in [0.25, 0.3) is 0 Å². The second-order valence-electron chi connectivity index (χ2n) is 4.02. The molecule has 1 heterocycles. The molecule has 0 atom stereocenters. The van der Waals surface area contributed by atoms with E-state index in [9.17, 15) is 4.79 Å². The zero-order valence-corrected chi connectivity index (χ0v) is 10.7. The van der Waals surface area contributed by atoms with Gasteiger partial charge in [-0.05, 0) is 20.8 Å². The van der Waals surface area contributed by atoms with Crippen molar-refractivity contribution in [2.24, 2.45) is 0 Å². The number of carbonyl (C=O) groups is 1. The highest BCUT2D eigenvalue weighted by molar-refractivity contribution is 5.81. The molecule has 17 heavy (non-hydrogen) atoms. The zero-order chi connectivity index (χ0) is 12.8. The molecule has 0 unspecified atom stereocenters. The predicted molar refractivity (Wildman–Crippen MR) is 68.1 cm³/mol. The van der Waals surface area contributed by atoms with E-state index < -0.39 is 0 Å². The molecule has 0 bridgehead atoms. The summed E-state index contributed by atoms with van der Waals surface area (Å²) < 4.78 is 0. The smallest absolute Gasteiger partial charge is 0.239 e. The monoisotopic (exact) mass is 237 g/mol. The number of rotatable bonds is 5. The summed E-state index contributed by atoms with van der Waals surface area (Å²) in [5.74, 6) is 1.37. The van der Waals surface area contributed by atoms with E-state index >= 15 is 0 Å². The van der Waals surface area contributed by atoms with E-state index in [0.717, 1.165) is 11.4 Å². The van der Waals surface area contributed by atoms with Crippen molar-refractivity contribution in [1.82, 2.24) is 15.3 Å². The normalized spacial score (nSPS) is 10.2. The lowest BCUT2D eigenvalue weighted by Crippen LogP contribution is -2.35. The van der Waals surface area contributed by atoms with Gasteiger partial charge in [-0.15, -0.1) is 0 Å². The van der Waals surface area contributed by atoms with Gasteiger partial charge in [-0.1, -0.05) is 0 Å². The molecule has 0 saturated carbocycles. The molecule has 0 spiro atoms. The molecular weight excluding hydrogens is 218 g/mol. The summed E-state index contributed by atoms with van der Waals surface area (Å²) in [6, 6.07) is 0.142. The van der Waals surface area contributed by atoms with E-state index in [-0.39, 0.29) is 18.5 Å². The highest BCUT2D eigenvalue weighted by Crippen LogP contribution is 2.16. The molecule has 94 valence electrons. The molecule has 0 aliphatic carbocycles. The minimum Gasteiger partial charge on any atom is -0.373 e. The first-order chi connectivity index (χ1) is 8.04. The fourth-order valence-electron chi connectivity index (χ4n) is 1.42. The maximum atomic E-state index is 11.5. The highest BCUT2D eigenvalue weighted by Gasteiger charge is 2.07. The van der Waals surface area contributed by atoms with E-state index in [1.807, 2.05) is 20.8 Å². The Morgan fingerprint density at radius 2 is 2.00 bits per heavy atom. The average molecular weight is 237 g/mol. The largest absolute Gasteiger partial charge is 0.373 e. The summed E-state index contributed by atoms with van der Waals surface area (Å²) >= 11 is 0. The Labute approximate surface area is 101 Å². The molecule has 1 aromatic rings. The van der Waals surface area contributed by atoms with Gasteiger partial charge in [0.2, 0.25) is 5.91 Å². The van der Waals surface area contributed by atoms with Gasteiger partial charge in [-0.3, -0.25) is 4.79 Å². The molecule has 0 aromatic carbocycles. The molecular formula is C11H19N5O. The molecule has 0 saturated heterocycles. The minimum atomic E-state index is -0.0518. The Balaban J connectivity index is 2.60. The first kappa shape index (κ1) is 13.2. The van der Waals surface area contributed by atoms with Crippen molar-refractivity contribution in [3.63, 3.8) is 0 Å². The van der Waals surface area contributed by atoms with Crippen LogP contribution in [0.15, 0.2) is 6.33 Å². The third-order valence-electron chi connectivity index (χ3n) is 2.19. The molecule has 6 nitrogen and oxygen atoms in total. The Kier molecular flexibility index (Phi) is 4.68. The number of hydrogen-bond donors (Lipinski definition) is 3. The molecule has 0 aliphatic heterocycles. The van der Waals surface area contributed by atoms with Crippen molar-refractivity contribution in [2.45, 2.75) is 26.8 Å². The summed E-state index contributed by atoms with van der Waals surface area (Å²) in [7, 11) is 1.80. The van der Waals surface area contributed by atoms with Crippen LogP contribution in [0.5, 0.6) is 0 Å². The lowest BCUT2D eigenvalue weighted by atomic mass is 10.3. The van der Waals surface area contributed by atoms with E-state index in [1.54, 1.807) is 7.05 Å². The fraction of sp³-hybridized carbons (Fsp3) is 0.545. The summed E-state index contributed by atoms with van der Waals surface area (Å²) in [5, 5.41) is 8.75. The van der Waals surface area contributed by atoms with Gasteiger partial charge in [0.15, 0.2) is 0 Å². The number of anilines is 2. The SMILES string of the molecule is CNc1ncnc(NCC(=O)NC(C)C)c1C. The molecule has 0 aliphatic rings. The van der Waals surface area contributed by atoms with Crippen LogP contribution in [0.25, 0.3) is 0 Å². The van der Waals surface area contributed by atoms with Crippen molar-refractivity contribution < 1.29 is 4.79 Å². The van der Waals surface area contributed by atoms with Crippen LogP contribution in [-0.2, 0) is 4.79 Å². The standard InChI is InChI=1S/C11H19N5O/c1-7(2)16-9(17)5-13-11-8(3)10(12-4)14-6-15-11/h6-7H,5H2,1-4H3,(H,16,17)(H2,12,13,14,15). The molecule has 0 radical (unpaired) electrons. The first-order valence-corrected chi connectivity index (χ1v) is 5.57. The van der Waals surface area contributed by atoms with Gasteiger partial charge in [0.1, 0.15) is 18.0 Å². The predicted octanol–water partition coefficient (Wildman–Crippen LogP) is 0.763. The lowest BCUT2D eigenvalue weighted by molar-refractivity contribution is -0.119. The van der Waals surface area contributed by atoms with Crippen LogP contribution in [0.1, 0.15) is 19.4 Å².